The van der Waals surface area contributed by atoms with E-state index in [1.165, 1.54) is 11.1 Å². The Balaban J connectivity index is 2.73. The maximum absolute atomic E-state index is 5.50. The first-order valence-electron chi connectivity index (χ1n) is 6.22. The Morgan fingerprint density at radius 1 is 1.35 bits per heavy atom. The minimum absolute atomic E-state index is 0.922. The predicted octanol–water partition coefficient (Wildman–Crippen LogP) is 4.02. The van der Waals surface area contributed by atoms with E-state index >= 15 is 0 Å². The Bertz CT molecular complexity index is 388. The van der Waals surface area contributed by atoms with Crippen LogP contribution in [0.4, 0.5) is 0 Å². The molecule has 0 aliphatic rings. The van der Waals surface area contributed by atoms with Gasteiger partial charge in [-0.15, -0.1) is 0 Å². The summed E-state index contributed by atoms with van der Waals surface area (Å²) < 4.78 is 5.50. The Kier molecular flexibility index (Phi) is 5.78. The highest BCUT2D eigenvalue weighted by molar-refractivity contribution is 5.55. The van der Waals surface area contributed by atoms with Crippen molar-refractivity contribution in [3.63, 3.8) is 0 Å². The summed E-state index contributed by atoms with van der Waals surface area (Å²) in [7, 11) is 2.12. The van der Waals surface area contributed by atoms with Crippen molar-refractivity contribution in [1.29, 1.82) is 0 Å². The second kappa shape index (κ2) is 7.13. The first kappa shape index (κ1) is 13.8. The molecular weight excluding hydrogens is 210 g/mol. The molecule has 17 heavy (non-hydrogen) atoms. The van der Waals surface area contributed by atoms with Crippen LogP contribution in [0.2, 0.25) is 0 Å². The van der Waals surface area contributed by atoms with Gasteiger partial charge in [0.05, 0.1) is 6.26 Å². The van der Waals surface area contributed by atoms with Crippen LogP contribution in [0.25, 0.3) is 6.08 Å². The van der Waals surface area contributed by atoms with Gasteiger partial charge < -0.3 is 4.42 Å². The highest BCUT2D eigenvalue weighted by atomic mass is 16.3. The average Bonchev–Trinajstić information content (AvgIpc) is 2.65. The normalized spacial score (nSPS) is 12.3. The van der Waals surface area contributed by atoms with E-state index in [2.05, 4.69) is 43.2 Å². The largest absolute Gasteiger partial charge is 0.469 e. The molecule has 94 valence electrons. The van der Waals surface area contributed by atoms with Gasteiger partial charge in [0.1, 0.15) is 5.76 Å². The Labute approximate surface area is 105 Å². The van der Waals surface area contributed by atoms with Crippen LogP contribution >= 0.6 is 0 Å². The van der Waals surface area contributed by atoms with Crippen LogP contribution < -0.4 is 0 Å². The summed E-state index contributed by atoms with van der Waals surface area (Å²) in [5, 5.41) is 0. The summed E-state index contributed by atoms with van der Waals surface area (Å²) in [5.74, 6) is 1.00. The maximum atomic E-state index is 5.50. The molecule has 0 aromatic carbocycles. The molecule has 1 aromatic heterocycles. The van der Waals surface area contributed by atoms with Crippen LogP contribution in [0, 0.1) is 6.92 Å². The average molecular weight is 233 g/mol. The molecule has 0 spiro atoms. The van der Waals surface area contributed by atoms with Crippen molar-refractivity contribution < 1.29 is 4.42 Å². The van der Waals surface area contributed by atoms with E-state index in [0.717, 1.165) is 25.3 Å². The number of nitrogens with zero attached hydrogens (tertiary/aromatic N) is 1. The quantitative estimate of drug-likeness (QED) is 0.690. The van der Waals surface area contributed by atoms with Gasteiger partial charge in [0.25, 0.3) is 0 Å². The summed E-state index contributed by atoms with van der Waals surface area (Å²) in [6, 6.07) is 0. The summed E-state index contributed by atoms with van der Waals surface area (Å²) in [4.78, 5) is 2.27. The van der Waals surface area contributed by atoms with Crippen molar-refractivity contribution >= 4 is 6.08 Å². The molecule has 2 nitrogen and oxygen atoms in total. The highest BCUT2D eigenvalue weighted by Crippen LogP contribution is 2.20. The second-order valence-electron chi connectivity index (χ2n) is 4.31. The summed E-state index contributed by atoms with van der Waals surface area (Å²) in [6.45, 7) is 8.10. The van der Waals surface area contributed by atoms with Crippen molar-refractivity contribution in [2.45, 2.75) is 33.7 Å². The molecule has 0 atom stereocenters. The van der Waals surface area contributed by atoms with Gasteiger partial charge >= 0.3 is 0 Å². The molecule has 2 heteroatoms. The van der Waals surface area contributed by atoms with E-state index < -0.39 is 0 Å². The standard InChI is InChI=1S/C15H23NO/c1-5-7-9-15-13(3)17-12-14(15)11-16(4)10-8-6-2/h6-9,12H,5,10-11H2,1-4H3/b8-6+,9-7-. The van der Waals surface area contributed by atoms with Crippen LogP contribution in [0.3, 0.4) is 0 Å². The molecule has 0 aliphatic carbocycles. The lowest BCUT2D eigenvalue weighted by atomic mass is 10.1. The third-order valence-corrected chi connectivity index (χ3v) is 2.72. The number of rotatable bonds is 6. The molecule has 0 radical (unpaired) electrons. The van der Waals surface area contributed by atoms with Gasteiger partial charge in [-0.05, 0) is 27.3 Å². The lowest BCUT2D eigenvalue weighted by Crippen LogP contribution is -2.17. The Morgan fingerprint density at radius 3 is 2.76 bits per heavy atom. The van der Waals surface area contributed by atoms with Gasteiger partial charge in [0.15, 0.2) is 0 Å². The van der Waals surface area contributed by atoms with Crippen molar-refractivity contribution in [2.24, 2.45) is 0 Å². The molecule has 0 fully saturated rings. The summed E-state index contributed by atoms with van der Waals surface area (Å²) in [5.41, 5.74) is 2.50. The topological polar surface area (TPSA) is 16.4 Å². The minimum Gasteiger partial charge on any atom is -0.469 e. The predicted molar refractivity (Wildman–Crippen MR) is 73.9 cm³/mol. The zero-order valence-electron chi connectivity index (χ0n) is 11.4. The fourth-order valence-electron chi connectivity index (χ4n) is 1.74. The van der Waals surface area contributed by atoms with Crippen LogP contribution in [0.5, 0.6) is 0 Å². The number of furan rings is 1. The molecule has 0 unspecified atom stereocenters. The maximum Gasteiger partial charge on any atom is 0.108 e. The van der Waals surface area contributed by atoms with Gasteiger partial charge in [0.2, 0.25) is 0 Å². The zero-order chi connectivity index (χ0) is 12.7. The number of hydrogen-bond acceptors (Lipinski definition) is 2. The molecule has 1 aromatic rings. The number of allylic oxidation sites excluding steroid dienone is 2. The van der Waals surface area contributed by atoms with Crippen molar-refractivity contribution in [2.75, 3.05) is 13.6 Å². The van der Waals surface area contributed by atoms with Crippen molar-refractivity contribution in [3.05, 3.63) is 41.4 Å². The number of aryl methyl sites for hydroxylation is 1. The van der Waals surface area contributed by atoms with Crippen LogP contribution in [-0.4, -0.2) is 18.5 Å². The van der Waals surface area contributed by atoms with E-state index in [-0.39, 0.29) is 0 Å². The van der Waals surface area contributed by atoms with Crippen molar-refractivity contribution in [1.82, 2.24) is 4.90 Å². The number of hydrogen-bond donors (Lipinski definition) is 0. The smallest absolute Gasteiger partial charge is 0.108 e. The molecule has 0 bridgehead atoms. The second-order valence-corrected chi connectivity index (χ2v) is 4.31. The molecule has 0 amide bonds. The van der Waals surface area contributed by atoms with Gasteiger partial charge in [0, 0.05) is 24.2 Å². The van der Waals surface area contributed by atoms with Gasteiger partial charge in [-0.2, -0.15) is 0 Å². The van der Waals surface area contributed by atoms with Crippen molar-refractivity contribution in [3.8, 4) is 0 Å². The fourth-order valence-corrected chi connectivity index (χ4v) is 1.74. The van der Waals surface area contributed by atoms with E-state index in [1.54, 1.807) is 0 Å². The first-order chi connectivity index (χ1) is 8.19. The summed E-state index contributed by atoms with van der Waals surface area (Å²) in [6.07, 6.45) is 11.5. The zero-order valence-corrected chi connectivity index (χ0v) is 11.4. The molecule has 0 aliphatic heterocycles. The van der Waals surface area contributed by atoms with E-state index in [4.69, 9.17) is 4.42 Å². The van der Waals surface area contributed by atoms with E-state index in [9.17, 15) is 0 Å². The van der Waals surface area contributed by atoms with Gasteiger partial charge in [-0.25, -0.2) is 0 Å². The highest BCUT2D eigenvalue weighted by Gasteiger charge is 2.09. The minimum atomic E-state index is 0.922. The molecule has 1 rings (SSSR count). The molecule has 0 saturated heterocycles. The summed E-state index contributed by atoms with van der Waals surface area (Å²) >= 11 is 0. The molecule has 0 N–H and O–H groups in total. The van der Waals surface area contributed by atoms with Gasteiger partial charge in [-0.1, -0.05) is 31.2 Å². The third kappa shape index (κ3) is 4.23. The Morgan fingerprint density at radius 2 is 2.12 bits per heavy atom. The molecule has 0 saturated carbocycles. The first-order valence-corrected chi connectivity index (χ1v) is 6.22. The monoisotopic (exact) mass is 233 g/mol. The van der Waals surface area contributed by atoms with Crippen LogP contribution in [0.1, 0.15) is 37.2 Å². The fraction of sp³-hybridized carbons (Fsp3) is 0.467. The van der Waals surface area contributed by atoms with Gasteiger partial charge in [-0.3, -0.25) is 4.90 Å². The van der Waals surface area contributed by atoms with Crippen LogP contribution in [0.15, 0.2) is 28.9 Å². The van der Waals surface area contributed by atoms with E-state index in [0.29, 0.717) is 0 Å². The lowest BCUT2D eigenvalue weighted by Gasteiger charge is -2.13. The van der Waals surface area contributed by atoms with E-state index in [1.807, 2.05) is 20.1 Å². The third-order valence-electron chi connectivity index (χ3n) is 2.72. The number of likely N-dealkylation sites (N-methyl/N-ethyl adjacent to an activating group) is 1. The SMILES string of the molecule is C/C=C/CN(C)Cc1coc(C)c1/C=C\CC. The lowest BCUT2D eigenvalue weighted by molar-refractivity contribution is 0.361. The Hall–Kier alpha value is -1.28. The van der Waals surface area contributed by atoms with Crippen LogP contribution in [-0.2, 0) is 6.54 Å². The molecule has 1 heterocycles. The molecular formula is C15H23NO.